The smallest absolute Gasteiger partial charge is 0.0554 e. The third kappa shape index (κ3) is 2.77. The Bertz CT molecular complexity index is 581. The first-order valence-corrected chi connectivity index (χ1v) is 6.94. The minimum Gasteiger partial charge on any atom is -0.320 e. The zero-order valence-corrected chi connectivity index (χ0v) is 12.7. The molecule has 0 saturated heterocycles. The van der Waals surface area contributed by atoms with Gasteiger partial charge in [0.1, 0.15) is 0 Å². The second kappa shape index (κ2) is 5.43. The average molecular weight is 325 g/mol. The van der Waals surface area contributed by atoms with Crippen molar-refractivity contribution in [3.8, 4) is 0 Å². The van der Waals surface area contributed by atoms with Crippen molar-refractivity contribution in [2.24, 2.45) is 5.73 Å². The standard InChI is InChI=1S/C15H15BrClN/c1-9-3-5-12(10(2)7-9)15(18)11-4-6-14(17)13(16)8-11/h3-8,15H,18H2,1-2H3. The van der Waals surface area contributed by atoms with Gasteiger partial charge in [-0.05, 0) is 58.6 Å². The van der Waals surface area contributed by atoms with E-state index < -0.39 is 0 Å². The highest BCUT2D eigenvalue weighted by Crippen LogP contribution is 2.29. The molecule has 0 radical (unpaired) electrons. The van der Waals surface area contributed by atoms with Crippen molar-refractivity contribution in [3.63, 3.8) is 0 Å². The minimum atomic E-state index is -0.126. The predicted octanol–water partition coefficient (Wildman–Crippen LogP) is 4.77. The van der Waals surface area contributed by atoms with Crippen LogP contribution >= 0.6 is 27.5 Å². The summed E-state index contributed by atoms with van der Waals surface area (Å²) in [5.74, 6) is 0. The molecule has 2 aromatic rings. The van der Waals surface area contributed by atoms with Gasteiger partial charge in [-0.15, -0.1) is 0 Å². The Balaban J connectivity index is 2.41. The molecule has 3 heteroatoms. The van der Waals surface area contributed by atoms with Gasteiger partial charge in [0.05, 0.1) is 11.1 Å². The van der Waals surface area contributed by atoms with Crippen LogP contribution in [-0.4, -0.2) is 0 Å². The summed E-state index contributed by atoms with van der Waals surface area (Å²) in [6.45, 7) is 4.17. The summed E-state index contributed by atoms with van der Waals surface area (Å²) in [6.07, 6.45) is 0. The largest absolute Gasteiger partial charge is 0.320 e. The van der Waals surface area contributed by atoms with Gasteiger partial charge in [-0.1, -0.05) is 41.4 Å². The molecular formula is C15H15BrClN. The molecule has 1 unspecified atom stereocenters. The number of hydrogen-bond donors (Lipinski definition) is 1. The van der Waals surface area contributed by atoms with E-state index in [9.17, 15) is 0 Å². The summed E-state index contributed by atoms with van der Waals surface area (Å²) in [6, 6.07) is 12.0. The van der Waals surface area contributed by atoms with Gasteiger partial charge in [-0.2, -0.15) is 0 Å². The van der Waals surface area contributed by atoms with Gasteiger partial charge in [0.15, 0.2) is 0 Å². The van der Waals surface area contributed by atoms with E-state index in [1.54, 1.807) is 0 Å². The van der Waals surface area contributed by atoms with Crippen LogP contribution in [0.5, 0.6) is 0 Å². The molecule has 1 atom stereocenters. The second-order valence-electron chi connectivity index (χ2n) is 4.51. The maximum absolute atomic E-state index is 6.32. The number of nitrogens with two attached hydrogens (primary N) is 1. The molecule has 0 saturated carbocycles. The van der Waals surface area contributed by atoms with Crippen LogP contribution in [0, 0.1) is 13.8 Å². The maximum atomic E-state index is 6.32. The molecule has 94 valence electrons. The molecule has 0 fully saturated rings. The topological polar surface area (TPSA) is 26.0 Å². The highest BCUT2D eigenvalue weighted by Gasteiger charge is 2.12. The predicted molar refractivity (Wildman–Crippen MR) is 81.1 cm³/mol. The maximum Gasteiger partial charge on any atom is 0.0554 e. The quantitative estimate of drug-likeness (QED) is 0.846. The first kappa shape index (κ1) is 13.6. The normalized spacial score (nSPS) is 12.5. The van der Waals surface area contributed by atoms with E-state index in [-0.39, 0.29) is 6.04 Å². The van der Waals surface area contributed by atoms with E-state index in [0.29, 0.717) is 5.02 Å². The van der Waals surface area contributed by atoms with Crippen molar-refractivity contribution >= 4 is 27.5 Å². The van der Waals surface area contributed by atoms with E-state index in [0.717, 1.165) is 15.6 Å². The fraction of sp³-hybridized carbons (Fsp3) is 0.200. The summed E-state index contributed by atoms with van der Waals surface area (Å²) < 4.78 is 0.877. The van der Waals surface area contributed by atoms with Crippen LogP contribution < -0.4 is 5.73 Å². The van der Waals surface area contributed by atoms with E-state index in [2.05, 4.69) is 48.0 Å². The molecule has 0 bridgehead atoms. The number of rotatable bonds is 2. The fourth-order valence-corrected chi connectivity index (χ4v) is 2.57. The molecule has 0 spiro atoms. The molecular weight excluding hydrogens is 310 g/mol. The molecule has 0 aliphatic carbocycles. The SMILES string of the molecule is Cc1ccc(C(N)c2ccc(Cl)c(Br)c2)c(C)c1. The Morgan fingerprint density at radius 2 is 1.83 bits per heavy atom. The summed E-state index contributed by atoms with van der Waals surface area (Å²) >= 11 is 9.43. The molecule has 0 aliphatic rings. The van der Waals surface area contributed by atoms with Crippen molar-refractivity contribution in [3.05, 3.63) is 68.1 Å². The number of benzene rings is 2. The monoisotopic (exact) mass is 323 g/mol. The zero-order chi connectivity index (χ0) is 13.3. The Labute approximate surface area is 121 Å². The van der Waals surface area contributed by atoms with E-state index in [4.69, 9.17) is 17.3 Å². The third-order valence-electron chi connectivity index (χ3n) is 3.06. The molecule has 18 heavy (non-hydrogen) atoms. The summed E-state index contributed by atoms with van der Waals surface area (Å²) in [5, 5.41) is 0.701. The number of halogens is 2. The van der Waals surface area contributed by atoms with Gasteiger partial charge < -0.3 is 5.73 Å². The van der Waals surface area contributed by atoms with Gasteiger partial charge in [0, 0.05) is 4.47 Å². The third-order valence-corrected chi connectivity index (χ3v) is 4.28. The van der Waals surface area contributed by atoms with Crippen molar-refractivity contribution < 1.29 is 0 Å². The van der Waals surface area contributed by atoms with E-state index >= 15 is 0 Å². The van der Waals surface area contributed by atoms with Crippen LogP contribution in [0.2, 0.25) is 5.02 Å². The molecule has 2 aromatic carbocycles. The van der Waals surface area contributed by atoms with Crippen LogP contribution in [0.25, 0.3) is 0 Å². The van der Waals surface area contributed by atoms with Crippen LogP contribution in [0.1, 0.15) is 28.3 Å². The summed E-state index contributed by atoms with van der Waals surface area (Å²) in [7, 11) is 0. The molecule has 0 aliphatic heterocycles. The summed E-state index contributed by atoms with van der Waals surface area (Å²) in [5.41, 5.74) is 11.0. The van der Waals surface area contributed by atoms with E-state index in [1.165, 1.54) is 11.1 Å². The highest BCUT2D eigenvalue weighted by molar-refractivity contribution is 9.10. The van der Waals surface area contributed by atoms with Crippen LogP contribution in [0.4, 0.5) is 0 Å². The van der Waals surface area contributed by atoms with Crippen molar-refractivity contribution in [1.29, 1.82) is 0 Å². The Morgan fingerprint density at radius 3 is 2.44 bits per heavy atom. The van der Waals surface area contributed by atoms with Crippen LogP contribution in [0.15, 0.2) is 40.9 Å². The van der Waals surface area contributed by atoms with Gasteiger partial charge in [0.2, 0.25) is 0 Å². The molecule has 0 heterocycles. The van der Waals surface area contributed by atoms with Crippen LogP contribution in [-0.2, 0) is 0 Å². The molecule has 1 nitrogen and oxygen atoms in total. The van der Waals surface area contributed by atoms with Gasteiger partial charge in [-0.25, -0.2) is 0 Å². The Hall–Kier alpha value is -0.830. The molecule has 0 amide bonds. The first-order chi connectivity index (χ1) is 8.49. The van der Waals surface area contributed by atoms with E-state index in [1.807, 2.05) is 18.2 Å². The van der Waals surface area contributed by atoms with Gasteiger partial charge >= 0.3 is 0 Å². The second-order valence-corrected chi connectivity index (χ2v) is 5.77. The fourth-order valence-electron chi connectivity index (χ4n) is 2.06. The lowest BCUT2D eigenvalue weighted by atomic mass is 9.95. The summed E-state index contributed by atoms with van der Waals surface area (Å²) in [4.78, 5) is 0. The molecule has 0 aromatic heterocycles. The number of hydrogen-bond acceptors (Lipinski definition) is 1. The lowest BCUT2D eigenvalue weighted by Gasteiger charge is -2.16. The highest BCUT2D eigenvalue weighted by atomic mass is 79.9. The van der Waals surface area contributed by atoms with Crippen LogP contribution in [0.3, 0.4) is 0 Å². The molecule has 2 N–H and O–H groups in total. The van der Waals surface area contributed by atoms with Gasteiger partial charge in [0.25, 0.3) is 0 Å². The zero-order valence-electron chi connectivity index (χ0n) is 10.4. The Kier molecular flexibility index (Phi) is 4.10. The average Bonchev–Trinajstić information content (AvgIpc) is 2.32. The number of aryl methyl sites for hydroxylation is 2. The van der Waals surface area contributed by atoms with Crippen molar-refractivity contribution in [1.82, 2.24) is 0 Å². The Morgan fingerprint density at radius 1 is 1.11 bits per heavy atom. The minimum absolute atomic E-state index is 0.126. The van der Waals surface area contributed by atoms with Crippen molar-refractivity contribution in [2.45, 2.75) is 19.9 Å². The lowest BCUT2D eigenvalue weighted by Crippen LogP contribution is -2.13. The van der Waals surface area contributed by atoms with Gasteiger partial charge in [-0.3, -0.25) is 0 Å². The molecule has 2 rings (SSSR count). The first-order valence-electron chi connectivity index (χ1n) is 5.76. The lowest BCUT2D eigenvalue weighted by molar-refractivity contribution is 0.860. The van der Waals surface area contributed by atoms with Crippen molar-refractivity contribution in [2.75, 3.05) is 0 Å².